The number of fused-ring (bicyclic) bond motifs is 1. The van der Waals surface area contributed by atoms with Crippen molar-refractivity contribution < 1.29 is 26.2 Å². The molecule has 4 nitrogen and oxygen atoms in total. The van der Waals surface area contributed by atoms with Crippen LogP contribution in [-0.4, -0.2) is 19.6 Å². The minimum atomic E-state index is -0.344. The first-order chi connectivity index (χ1) is 40.1. The topological polar surface area (TPSA) is 50.9 Å². The number of hydrogen-bond acceptors (Lipinski definition) is 3. The van der Waals surface area contributed by atoms with Crippen LogP contribution in [0.1, 0.15) is 81.2 Å². The van der Waals surface area contributed by atoms with Crippen molar-refractivity contribution >= 4 is 11.0 Å². The van der Waals surface area contributed by atoms with E-state index in [1.54, 1.807) is 0 Å². The molecule has 13 rings (SSSR count). The smallest absolute Gasteiger partial charge is 0.148 e. The van der Waals surface area contributed by atoms with Crippen LogP contribution in [0.4, 0.5) is 0 Å². The number of aromatic nitrogens is 3. The van der Waals surface area contributed by atoms with Gasteiger partial charge in [-0.15, -0.1) is 29.3 Å². The second kappa shape index (κ2) is 23.3. The molecule has 0 atom stereocenters. The van der Waals surface area contributed by atoms with Gasteiger partial charge < -0.3 is 5.11 Å². The molecule has 5 heteroatoms. The summed E-state index contributed by atoms with van der Waals surface area (Å²) in [7, 11) is 0. The van der Waals surface area contributed by atoms with E-state index in [0.29, 0.717) is 17.3 Å². The van der Waals surface area contributed by atoms with Crippen molar-refractivity contribution in [1.82, 2.24) is 14.5 Å². The van der Waals surface area contributed by atoms with Gasteiger partial charge in [-0.05, 0) is 117 Å². The summed E-state index contributed by atoms with van der Waals surface area (Å²) in [5, 5.41) is 12.9. The Kier molecular flexibility index (Phi) is 15.4. The molecule has 0 radical (unpaired) electrons. The molecule has 10 aromatic carbocycles. The Morgan fingerprint density at radius 2 is 1.02 bits per heavy atom. The summed E-state index contributed by atoms with van der Waals surface area (Å²) < 4.78 is 2.30. The molecular weight excluding hydrogens is 1190 g/mol. The van der Waals surface area contributed by atoms with E-state index in [9.17, 15) is 5.11 Å². The third kappa shape index (κ3) is 10.9. The number of hydrogen-bond donors (Lipinski definition) is 1. The average Bonchev–Trinajstić information content (AvgIpc) is 3.90. The molecule has 0 aliphatic heterocycles. The van der Waals surface area contributed by atoms with Gasteiger partial charge in [-0.3, -0.25) is 9.55 Å². The summed E-state index contributed by atoms with van der Waals surface area (Å²) >= 11 is 0. The van der Waals surface area contributed by atoms with Crippen molar-refractivity contribution in [3.63, 3.8) is 0 Å². The van der Waals surface area contributed by atoms with Crippen LogP contribution in [0.5, 0.6) is 5.75 Å². The second-order valence-corrected chi connectivity index (χ2v) is 23.5. The van der Waals surface area contributed by atoms with E-state index in [1.165, 1.54) is 47.9 Å². The van der Waals surface area contributed by atoms with Crippen LogP contribution in [0.15, 0.2) is 255 Å². The van der Waals surface area contributed by atoms with Crippen molar-refractivity contribution in [3.8, 4) is 89.7 Å². The van der Waals surface area contributed by atoms with Crippen LogP contribution in [0.2, 0.25) is 0 Å². The van der Waals surface area contributed by atoms with Gasteiger partial charge in [0, 0.05) is 49.5 Å². The zero-order valence-electron chi connectivity index (χ0n) is 47.5. The molecular formula is C78H66N3OPt-. The molecule has 83 heavy (non-hydrogen) atoms. The molecule has 2 heterocycles. The average molecular weight is 1260 g/mol. The van der Waals surface area contributed by atoms with Crippen LogP contribution < -0.4 is 0 Å². The molecule has 0 spiro atoms. The van der Waals surface area contributed by atoms with Crippen LogP contribution in [0.3, 0.4) is 0 Å². The Labute approximate surface area is 503 Å². The van der Waals surface area contributed by atoms with E-state index in [0.717, 1.165) is 95.6 Å². The maximum absolute atomic E-state index is 12.9. The summed E-state index contributed by atoms with van der Waals surface area (Å²) in [5.41, 5.74) is 20.8. The van der Waals surface area contributed by atoms with Crippen molar-refractivity contribution in [1.29, 1.82) is 0 Å². The monoisotopic (exact) mass is 1260 g/mol. The van der Waals surface area contributed by atoms with Gasteiger partial charge in [0.25, 0.3) is 0 Å². The van der Waals surface area contributed by atoms with Gasteiger partial charge in [0.2, 0.25) is 0 Å². The summed E-state index contributed by atoms with van der Waals surface area (Å²) in [4.78, 5) is 10.8. The SMILES string of the molecule is CC(C)(C)c1cc(-c2cc(-c3ccc(C(C)(c4ccccc4)c4ccccc4)cc3)ccn2)[c-]c(-c2cccc3c2nc(-c2cc(-c4ccccc4)cc(-c4ccccc4)c2O)n3-c2ccc(CC3CCCC3)cc2-c2ccccc2)c1.[Pt]. The predicted molar refractivity (Wildman–Crippen MR) is 340 cm³/mol. The third-order valence-electron chi connectivity index (χ3n) is 17.2. The van der Waals surface area contributed by atoms with Crippen LogP contribution >= 0.6 is 0 Å². The summed E-state index contributed by atoms with van der Waals surface area (Å²) in [6.45, 7) is 9.12. The standard InChI is InChI=1S/C78H66N3O.Pt/c1-77(2,3)66-48-61(47-62(49-66)71-52-59(43-44-79-71)56-38-40-65(41-39-56)78(4,63-31-16-8-17-32-63)64-33-18-9-19-34-64)67-35-22-36-73-74(67)80-76(70-51-60(55-25-10-5-11-26-55)50-69(75(70)82)58-29-14-7-15-30-58)81(73)72-42-37-54(45-53-23-20-21-24-53)46-68(72)57-27-12-6-13-28-57;/h5-19,22,25-44,46,48-53,82H,20-21,23-24,45H2,1-4H3;/q-1;. The normalized spacial score (nSPS) is 12.8. The van der Waals surface area contributed by atoms with E-state index in [1.807, 2.05) is 30.5 Å². The molecule has 1 fully saturated rings. The summed E-state index contributed by atoms with van der Waals surface area (Å²) in [5.74, 6) is 1.51. The predicted octanol–water partition coefficient (Wildman–Crippen LogP) is 20.0. The van der Waals surface area contributed by atoms with Gasteiger partial charge in [-0.1, -0.05) is 258 Å². The molecule has 0 amide bonds. The van der Waals surface area contributed by atoms with Crippen molar-refractivity contribution in [2.24, 2.45) is 5.92 Å². The Balaban J connectivity index is 0.00000680. The Morgan fingerprint density at radius 3 is 1.65 bits per heavy atom. The number of nitrogens with zero attached hydrogens (tertiary/aromatic N) is 3. The molecule has 0 saturated heterocycles. The van der Waals surface area contributed by atoms with Crippen LogP contribution in [-0.2, 0) is 38.3 Å². The zero-order chi connectivity index (χ0) is 55.8. The fourth-order valence-electron chi connectivity index (χ4n) is 12.6. The number of imidazole rings is 1. The largest absolute Gasteiger partial charge is 0.507 e. The van der Waals surface area contributed by atoms with Gasteiger partial charge in [-0.25, -0.2) is 4.98 Å². The Morgan fingerprint density at radius 1 is 0.470 bits per heavy atom. The fraction of sp³-hybridized carbons (Fsp3) is 0.154. The molecule has 0 unspecified atom stereocenters. The first-order valence-corrected chi connectivity index (χ1v) is 29.0. The quantitative estimate of drug-likeness (QED) is 0.0924. The van der Waals surface area contributed by atoms with Crippen LogP contribution in [0.25, 0.3) is 95.0 Å². The van der Waals surface area contributed by atoms with Crippen molar-refractivity contribution in [3.05, 3.63) is 289 Å². The molecule has 1 aliphatic rings. The van der Waals surface area contributed by atoms with Gasteiger partial charge >= 0.3 is 0 Å². The number of para-hydroxylation sites is 1. The number of aromatic hydroxyl groups is 1. The molecule has 2 aromatic heterocycles. The fourth-order valence-corrected chi connectivity index (χ4v) is 12.6. The van der Waals surface area contributed by atoms with Gasteiger partial charge in [0.1, 0.15) is 11.6 Å². The minimum absolute atomic E-state index is 0. The molecule has 1 N–H and O–H groups in total. The number of phenolic OH excluding ortho intramolecular Hbond substituents is 1. The third-order valence-corrected chi connectivity index (χ3v) is 17.2. The summed E-state index contributed by atoms with van der Waals surface area (Å²) in [6, 6.07) is 92.6. The number of phenols is 1. The van der Waals surface area contributed by atoms with E-state index in [4.69, 9.17) is 9.97 Å². The van der Waals surface area contributed by atoms with Crippen molar-refractivity contribution in [2.75, 3.05) is 0 Å². The van der Waals surface area contributed by atoms with E-state index >= 15 is 0 Å². The number of benzene rings is 10. The number of pyridine rings is 1. The summed E-state index contributed by atoms with van der Waals surface area (Å²) in [6.07, 6.45) is 8.13. The van der Waals surface area contributed by atoms with Crippen molar-refractivity contribution in [2.45, 2.75) is 70.6 Å². The zero-order valence-corrected chi connectivity index (χ0v) is 49.7. The van der Waals surface area contributed by atoms with Gasteiger partial charge in [0.15, 0.2) is 0 Å². The first kappa shape index (κ1) is 54.9. The maximum atomic E-state index is 12.9. The molecule has 0 bridgehead atoms. The van der Waals surface area contributed by atoms with E-state index in [2.05, 4.69) is 263 Å². The first-order valence-electron chi connectivity index (χ1n) is 29.0. The van der Waals surface area contributed by atoms with E-state index in [-0.39, 0.29) is 37.6 Å². The minimum Gasteiger partial charge on any atom is -0.507 e. The molecule has 1 saturated carbocycles. The molecule has 1 aliphatic carbocycles. The maximum Gasteiger partial charge on any atom is 0.148 e. The number of rotatable bonds is 13. The van der Waals surface area contributed by atoms with Gasteiger partial charge in [-0.2, -0.15) is 0 Å². The van der Waals surface area contributed by atoms with E-state index < -0.39 is 0 Å². The second-order valence-electron chi connectivity index (χ2n) is 23.5. The van der Waals surface area contributed by atoms with Gasteiger partial charge in [0.05, 0.1) is 22.3 Å². The Bertz CT molecular complexity index is 4180. The molecule has 12 aromatic rings. The van der Waals surface area contributed by atoms with Crippen LogP contribution in [0, 0.1) is 12.0 Å². The molecule has 410 valence electrons. The Hall–Kier alpha value is -8.69.